The largest absolute Gasteiger partial charge is 0.478 e. The molecule has 1 heterocycles. The van der Waals surface area contributed by atoms with E-state index in [1.165, 1.54) is 28.8 Å². The Morgan fingerprint density at radius 1 is 1.16 bits per heavy atom. The number of hydrogen-bond acceptors (Lipinski definition) is 4. The van der Waals surface area contributed by atoms with E-state index in [9.17, 15) is 9.59 Å². The summed E-state index contributed by atoms with van der Waals surface area (Å²) in [4.78, 5) is 26.0. The van der Waals surface area contributed by atoms with Gasteiger partial charge < -0.3 is 5.11 Å². The lowest BCUT2D eigenvalue weighted by molar-refractivity contribution is -0.113. The molecule has 0 bridgehead atoms. The highest BCUT2D eigenvalue weighted by atomic mass is 79.9. The number of hydrogen-bond donors (Lipinski definition) is 1. The normalized spacial score (nSPS) is 16.3. The van der Waals surface area contributed by atoms with Crippen molar-refractivity contribution in [3.63, 3.8) is 0 Å². The maximum Gasteiger partial charge on any atom is 0.335 e. The van der Waals surface area contributed by atoms with Crippen molar-refractivity contribution < 1.29 is 14.7 Å². The van der Waals surface area contributed by atoms with Crippen molar-refractivity contribution in [2.24, 2.45) is 0 Å². The Balaban J connectivity index is 2.02. The van der Waals surface area contributed by atoms with Crippen LogP contribution in [0, 0.1) is 0 Å². The van der Waals surface area contributed by atoms with Gasteiger partial charge >= 0.3 is 5.97 Å². The minimum Gasteiger partial charge on any atom is -0.478 e. The summed E-state index contributed by atoms with van der Waals surface area (Å²) in [6, 6.07) is 13.9. The second-order valence-corrected chi connectivity index (χ2v) is 7.89. The Labute approximate surface area is 162 Å². The van der Waals surface area contributed by atoms with Gasteiger partial charge in [0.25, 0.3) is 5.91 Å². The average molecular weight is 434 g/mol. The first kappa shape index (κ1) is 17.8. The number of carboxylic acids is 1. The number of carbonyl (C=O) groups is 2. The Kier molecular flexibility index (Phi) is 5.08. The molecule has 1 N–H and O–H groups in total. The fourth-order valence-corrected chi connectivity index (χ4v) is 4.19. The highest BCUT2D eigenvalue weighted by Crippen LogP contribution is 2.39. The fraction of sp³-hybridized carbons (Fsp3) is 0.0556. The number of halogens is 1. The third kappa shape index (κ3) is 3.53. The Hall–Kier alpha value is -1.96. The number of nitrogens with zero attached hydrogens (tertiary/aromatic N) is 1. The SMILES string of the molecule is CC(=C1SC(=S)N(c2cccc(C(=O)O)c2)C1=O)c1cccc(Br)c1. The smallest absolute Gasteiger partial charge is 0.335 e. The van der Waals surface area contributed by atoms with Gasteiger partial charge in [0.05, 0.1) is 16.2 Å². The molecule has 2 aromatic carbocycles. The minimum atomic E-state index is -1.05. The second kappa shape index (κ2) is 7.11. The van der Waals surface area contributed by atoms with E-state index in [0.29, 0.717) is 14.9 Å². The van der Waals surface area contributed by atoms with E-state index >= 15 is 0 Å². The number of carboxylic acid groups (broad SMARTS) is 1. The summed E-state index contributed by atoms with van der Waals surface area (Å²) in [5.74, 6) is -1.29. The maximum atomic E-state index is 12.9. The molecule has 1 aliphatic rings. The monoisotopic (exact) mass is 433 g/mol. The number of carbonyl (C=O) groups excluding carboxylic acids is 1. The zero-order valence-corrected chi connectivity index (χ0v) is 16.2. The number of thioether (sulfide) groups is 1. The molecule has 0 aromatic heterocycles. The first-order chi connectivity index (χ1) is 11.9. The van der Waals surface area contributed by atoms with Gasteiger partial charge in [-0.2, -0.15) is 0 Å². The molecule has 126 valence electrons. The number of benzene rings is 2. The van der Waals surface area contributed by atoms with Crippen LogP contribution in [0.4, 0.5) is 5.69 Å². The lowest BCUT2D eigenvalue weighted by Crippen LogP contribution is -2.27. The van der Waals surface area contributed by atoms with E-state index in [1.807, 2.05) is 31.2 Å². The van der Waals surface area contributed by atoms with Gasteiger partial charge in [-0.1, -0.05) is 58.1 Å². The highest BCUT2D eigenvalue weighted by molar-refractivity contribution is 9.10. The maximum absolute atomic E-state index is 12.9. The lowest BCUT2D eigenvalue weighted by atomic mass is 10.1. The zero-order valence-electron chi connectivity index (χ0n) is 13.0. The molecule has 0 aliphatic carbocycles. The Morgan fingerprint density at radius 2 is 1.84 bits per heavy atom. The van der Waals surface area contributed by atoms with Gasteiger partial charge in [0.1, 0.15) is 0 Å². The van der Waals surface area contributed by atoms with Crippen LogP contribution in [-0.4, -0.2) is 21.3 Å². The minimum absolute atomic E-state index is 0.110. The molecule has 1 fully saturated rings. The van der Waals surface area contributed by atoms with E-state index in [2.05, 4.69) is 15.9 Å². The van der Waals surface area contributed by atoms with Crippen LogP contribution < -0.4 is 4.90 Å². The Bertz CT molecular complexity index is 939. The molecule has 1 saturated heterocycles. The molecule has 0 saturated carbocycles. The van der Waals surface area contributed by atoms with Crippen LogP contribution in [0.2, 0.25) is 0 Å². The van der Waals surface area contributed by atoms with Gasteiger partial charge in [-0.25, -0.2) is 4.79 Å². The molecule has 1 aliphatic heterocycles. The molecular weight excluding hydrogens is 422 g/mol. The predicted molar refractivity (Wildman–Crippen MR) is 108 cm³/mol. The van der Waals surface area contributed by atoms with Crippen LogP contribution in [-0.2, 0) is 4.79 Å². The van der Waals surface area contributed by atoms with Gasteiger partial charge in [-0.3, -0.25) is 9.69 Å². The first-order valence-electron chi connectivity index (χ1n) is 7.25. The summed E-state index contributed by atoms with van der Waals surface area (Å²) in [6.07, 6.45) is 0. The third-order valence-electron chi connectivity index (χ3n) is 3.72. The number of thiocarbonyl (C=S) groups is 1. The zero-order chi connectivity index (χ0) is 18.1. The molecule has 1 amide bonds. The second-order valence-electron chi connectivity index (χ2n) is 5.33. The Morgan fingerprint density at radius 3 is 2.52 bits per heavy atom. The average Bonchev–Trinajstić information content (AvgIpc) is 2.88. The summed E-state index contributed by atoms with van der Waals surface area (Å²) in [5, 5.41) is 9.14. The summed E-state index contributed by atoms with van der Waals surface area (Å²) < 4.78 is 1.31. The lowest BCUT2D eigenvalue weighted by Gasteiger charge is -2.15. The van der Waals surface area contributed by atoms with Crippen molar-refractivity contribution in [2.45, 2.75) is 6.92 Å². The molecule has 2 aromatic rings. The van der Waals surface area contributed by atoms with Gasteiger partial charge in [0.2, 0.25) is 0 Å². The van der Waals surface area contributed by atoms with Crippen molar-refractivity contribution in [1.82, 2.24) is 0 Å². The standard InChI is InChI=1S/C18H12BrNO3S2/c1-10(11-4-2-6-13(19)8-11)15-16(21)20(18(24)25-15)14-7-3-5-12(9-14)17(22)23/h2-9H,1H3,(H,22,23). The van der Waals surface area contributed by atoms with E-state index in [0.717, 1.165) is 15.6 Å². The van der Waals surface area contributed by atoms with Crippen molar-refractivity contribution >= 4 is 67.4 Å². The molecule has 0 radical (unpaired) electrons. The first-order valence-corrected chi connectivity index (χ1v) is 9.26. The van der Waals surface area contributed by atoms with Gasteiger partial charge in [-0.05, 0) is 48.4 Å². The van der Waals surface area contributed by atoms with E-state index in [4.69, 9.17) is 17.3 Å². The van der Waals surface area contributed by atoms with Crippen LogP contribution in [0.3, 0.4) is 0 Å². The molecule has 25 heavy (non-hydrogen) atoms. The van der Waals surface area contributed by atoms with Crippen LogP contribution >= 0.6 is 39.9 Å². The van der Waals surface area contributed by atoms with E-state index in [-0.39, 0.29) is 11.5 Å². The topological polar surface area (TPSA) is 57.6 Å². The highest BCUT2D eigenvalue weighted by Gasteiger charge is 2.35. The quantitative estimate of drug-likeness (QED) is 0.548. The molecule has 3 rings (SSSR count). The molecular formula is C18H12BrNO3S2. The number of aromatic carboxylic acids is 1. The van der Waals surface area contributed by atoms with Crippen molar-refractivity contribution in [1.29, 1.82) is 0 Å². The van der Waals surface area contributed by atoms with Crippen molar-refractivity contribution in [3.05, 3.63) is 69.0 Å². The molecule has 0 atom stereocenters. The van der Waals surface area contributed by atoms with E-state index in [1.54, 1.807) is 12.1 Å². The predicted octanol–water partition coefficient (Wildman–Crippen LogP) is 4.94. The van der Waals surface area contributed by atoms with Crippen LogP contribution in [0.25, 0.3) is 5.57 Å². The molecule has 4 nitrogen and oxygen atoms in total. The van der Waals surface area contributed by atoms with Crippen LogP contribution in [0.1, 0.15) is 22.8 Å². The summed E-state index contributed by atoms with van der Waals surface area (Å²) in [6.45, 7) is 1.88. The number of amides is 1. The fourth-order valence-electron chi connectivity index (χ4n) is 2.45. The summed E-state index contributed by atoms with van der Waals surface area (Å²) in [5.41, 5.74) is 2.32. The number of anilines is 1. The van der Waals surface area contributed by atoms with Crippen molar-refractivity contribution in [2.75, 3.05) is 4.90 Å². The molecule has 7 heteroatoms. The van der Waals surface area contributed by atoms with Gasteiger partial charge in [-0.15, -0.1) is 0 Å². The van der Waals surface area contributed by atoms with Gasteiger partial charge in [0, 0.05) is 4.47 Å². The van der Waals surface area contributed by atoms with Crippen molar-refractivity contribution in [3.8, 4) is 0 Å². The van der Waals surface area contributed by atoms with Gasteiger partial charge in [0.15, 0.2) is 4.32 Å². The molecule has 0 spiro atoms. The number of rotatable bonds is 3. The number of allylic oxidation sites excluding steroid dienone is 1. The summed E-state index contributed by atoms with van der Waals surface area (Å²) in [7, 11) is 0. The van der Waals surface area contributed by atoms with E-state index < -0.39 is 5.97 Å². The van der Waals surface area contributed by atoms with Crippen LogP contribution in [0.5, 0.6) is 0 Å². The third-order valence-corrected chi connectivity index (χ3v) is 5.69. The molecule has 0 unspecified atom stereocenters. The summed E-state index contributed by atoms with van der Waals surface area (Å²) >= 11 is 10.0. The van der Waals surface area contributed by atoms with Crippen LogP contribution in [0.15, 0.2) is 57.9 Å².